The monoisotopic (exact) mass is 1060 g/mol. The minimum Gasteiger partial charge on any atom is -0.756 e. The molecule has 0 spiro atoms. The minimum atomic E-state index is -4.70. The molecular weight excluding hydrogens is 940 g/mol. The molecule has 1 amide bonds. The number of allylic oxidation sites excluding steroid dienone is 5. The zero-order valence-electron chi connectivity index (χ0n) is 49.8. The lowest BCUT2D eigenvalue weighted by molar-refractivity contribution is -0.870. The summed E-state index contributed by atoms with van der Waals surface area (Å²) in [5, 5.41) is 3.01. The van der Waals surface area contributed by atoms with Crippen molar-refractivity contribution >= 4 is 19.7 Å². The van der Waals surface area contributed by atoms with Gasteiger partial charge in [0.2, 0.25) is 5.91 Å². The SMILES string of the molecule is CCCCCCCCC/C=C/C=C/CCCCCC(=O)NC(COP(=O)([O-])OCC[N+](C)(C)C)C(/C=C/CCCCCCCCCCC)OC(=O)CCCCCCCCCCCCCCCCCCCCCCC. The van der Waals surface area contributed by atoms with Gasteiger partial charge in [0.15, 0.2) is 0 Å². The molecule has 1 N–H and O–H groups in total. The van der Waals surface area contributed by atoms with E-state index in [0.29, 0.717) is 17.4 Å². The zero-order chi connectivity index (χ0) is 54.3. The van der Waals surface area contributed by atoms with E-state index in [0.717, 1.165) is 64.2 Å². The summed E-state index contributed by atoms with van der Waals surface area (Å²) in [7, 11) is 1.18. The fraction of sp³-hybridized carbons (Fsp3) is 0.875. The summed E-state index contributed by atoms with van der Waals surface area (Å²) in [6.07, 6.45) is 65.5. The number of phosphoric acid groups is 1. The molecule has 0 heterocycles. The molecule has 0 aliphatic carbocycles. The number of rotatable bonds is 58. The topological polar surface area (TPSA) is 114 Å². The molecule has 0 aromatic heterocycles. The van der Waals surface area contributed by atoms with Gasteiger partial charge in [-0.1, -0.05) is 276 Å². The van der Waals surface area contributed by atoms with E-state index in [4.69, 9.17) is 13.8 Å². The molecule has 9 nitrogen and oxygen atoms in total. The minimum absolute atomic E-state index is 0.0252. The standard InChI is InChI=1S/C64H123N2O7P/c1-7-10-13-16-19-22-25-27-29-31-32-33-34-35-37-39-42-45-48-51-54-57-64(68)73-62(55-52-49-46-43-40-24-21-18-15-12-9-3)61(60-72-74(69,70)71-59-58-66(4,5)6)65-63(67)56-53-50-47-44-41-38-36-30-28-26-23-20-17-14-11-8-2/h30,36,38,41,52,55,61-62H,7-29,31-35,37,39-40,42-51,53-54,56-60H2,1-6H3,(H-,65,67,69,70)/b36-30+,41-38+,55-52+. The third-order valence-electron chi connectivity index (χ3n) is 14.4. The molecule has 0 aromatic rings. The lowest BCUT2D eigenvalue weighted by Crippen LogP contribution is -2.47. The van der Waals surface area contributed by atoms with Crippen LogP contribution in [0.2, 0.25) is 0 Å². The lowest BCUT2D eigenvalue weighted by atomic mass is 10.0. The van der Waals surface area contributed by atoms with Gasteiger partial charge < -0.3 is 28.5 Å². The van der Waals surface area contributed by atoms with Crippen LogP contribution in [0, 0.1) is 0 Å². The maximum absolute atomic E-state index is 13.5. The highest BCUT2D eigenvalue weighted by Crippen LogP contribution is 2.38. The number of nitrogens with zero attached hydrogens (tertiary/aromatic N) is 1. The van der Waals surface area contributed by atoms with Gasteiger partial charge in [-0.15, -0.1) is 0 Å². The van der Waals surface area contributed by atoms with E-state index in [2.05, 4.69) is 50.4 Å². The van der Waals surface area contributed by atoms with Crippen molar-refractivity contribution in [2.45, 2.75) is 322 Å². The Kier molecular flexibility index (Phi) is 53.3. The van der Waals surface area contributed by atoms with Gasteiger partial charge in [0, 0.05) is 12.8 Å². The van der Waals surface area contributed by atoms with E-state index in [-0.39, 0.29) is 31.3 Å². The van der Waals surface area contributed by atoms with Crippen LogP contribution in [0.3, 0.4) is 0 Å². The number of likely N-dealkylation sites (N-methyl/N-ethyl adjacent to an activating group) is 1. The van der Waals surface area contributed by atoms with Crippen LogP contribution in [-0.2, 0) is 27.9 Å². The van der Waals surface area contributed by atoms with Gasteiger partial charge >= 0.3 is 5.97 Å². The van der Waals surface area contributed by atoms with Crippen molar-refractivity contribution in [3.8, 4) is 0 Å². The van der Waals surface area contributed by atoms with E-state index in [1.807, 2.05) is 33.3 Å². The summed E-state index contributed by atoms with van der Waals surface area (Å²) < 4.78 is 30.3. The first-order valence-corrected chi connectivity index (χ1v) is 33.3. The van der Waals surface area contributed by atoms with Gasteiger partial charge in [0.25, 0.3) is 7.82 Å². The van der Waals surface area contributed by atoms with Crippen LogP contribution in [0.25, 0.3) is 0 Å². The largest absolute Gasteiger partial charge is 0.756 e. The predicted molar refractivity (Wildman–Crippen MR) is 316 cm³/mol. The van der Waals surface area contributed by atoms with Gasteiger partial charge in [-0.3, -0.25) is 14.2 Å². The predicted octanol–water partition coefficient (Wildman–Crippen LogP) is 18.9. The van der Waals surface area contributed by atoms with Crippen molar-refractivity contribution in [2.75, 3.05) is 40.9 Å². The number of phosphoric ester groups is 1. The summed E-state index contributed by atoms with van der Waals surface area (Å²) in [5.74, 6) is -0.558. The number of amides is 1. The number of quaternary nitrogens is 1. The second-order valence-electron chi connectivity index (χ2n) is 23.0. The summed E-state index contributed by atoms with van der Waals surface area (Å²) in [6.45, 7) is 6.85. The maximum Gasteiger partial charge on any atom is 0.306 e. The molecular formula is C64H123N2O7P. The molecule has 0 rings (SSSR count). The van der Waals surface area contributed by atoms with Crippen LogP contribution in [0.15, 0.2) is 36.5 Å². The third kappa shape index (κ3) is 55.0. The molecule has 0 radical (unpaired) electrons. The van der Waals surface area contributed by atoms with Crippen molar-refractivity contribution < 1.29 is 37.3 Å². The number of carbonyl (C=O) groups excluding carboxylic acids is 2. The summed E-state index contributed by atoms with van der Waals surface area (Å²) in [5.41, 5.74) is 0. The number of esters is 1. The molecule has 0 saturated heterocycles. The molecule has 74 heavy (non-hydrogen) atoms. The normalized spacial score (nSPS) is 13.9. The number of unbranched alkanes of at least 4 members (excludes halogenated alkanes) is 39. The first kappa shape index (κ1) is 72.2. The van der Waals surface area contributed by atoms with Crippen molar-refractivity contribution in [3.05, 3.63) is 36.5 Å². The molecule has 0 aliphatic rings. The number of hydrogen-bond acceptors (Lipinski definition) is 7. The van der Waals surface area contributed by atoms with Gasteiger partial charge in [-0.05, 0) is 57.4 Å². The summed E-state index contributed by atoms with van der Waals surface area (Å²) in [4.78, 5) is 39.9. The van der Waals surface area contributed by atoms with Gasteiger partial charge in [0.05, 0.1) is 33.8 Å². The van der Waals surface area contributed by atoms with Gasteiger partial charge in [0.1, 0.15) is 19.3 Å². The quantitative estimate of drug-likeness (QED) is 0.0161. The number of hydrogen-bond donors (Lipinski definition) is 1. The van der Waals surface area contributed by atoms with Crippen molar-refractivity contribution in [1.29, 1.82) is 0 Å². The number of nitrogens with one attached hydrogen (secondary N) is 1. The van der Waals surface area contributed by atoms with Crippen LogP contribution >= 0.6 is 7.82 Å². The molecule has 436 valence electrons. The molecule has 10 heteroatoms. The lowest BCUT2D eigenvalue weighted by Gasteiger charge is -2.30. The van der Waals surface area contributed by atoms with Crippen molar-refractivity contribution in [2.24, 2.45) is 0 Å². The molecule has 0 bridgehead atoms. The van der Waals surface area contributed by atoms with E-state index in [1.54, 1.807) is 0 Å². The van der Waals surface area contributed by atoms with Crippen LogP contribution in [0.4, 0.5) is 0 Å². The van der Waals surface area contributed by atoms with E-state index < -0.39 is 26.6 Å². The maximum atomic E-state index is 13.5. The Morgan fingerprint density at radius 3 is 1.20 bits per heavy atom. The van der Waals surface area contributed by atoms with E-state index in [1.165, 1.54) is 205 Å². The molecule has 0 saturated carbocycles. The van der Waals surface area contributed by atoms with E-state index >= 15 is 0 Å². The van der Waals surface area contributed by atoms with Gasteiger partial charge in [-0.2, -0.15) is 0 Å². The Balaban J connectivity index is 5.18. The smallest absolute Gasteiger partial charge is 0.306 e. The highest BCUT2D eigenvalue weighted by atomic mass is 31.2. The fourth-order valence-corrected chi connectivity index (χ4v) is 10.1. The van der Waals surface area contributed by atoms with Gasteiger partial charge in [-0.25, -0.2) is 0 Å². The number of carbonyl (C=O) groups is 2. The van der Waals surface area contributed by atoms with Crippen LogP contribution in [-0.4, -0.2) is 69.4 Å². The second kappa shape index (κ2) is 54.6. The highest BCUT2D eigenvalue weighted by Gasteiger charge is 2.27. The highest BCUT2D eigenvalue weighted by molar-refractivity contribution is 7.45. The number of ether oxygens (including phenoxy) is 1. The first-order valence-electron chi connectivity index (χ1n) is 31.8. The fourth-order valence-electron chi connectivity index (χ4n) is 9.40. The second-order valence-corrected chi connectivity index (χ2v) is 24.4. The Morgan fingerprint density at radius 2 is 0.811 bits per heavy atom. The van der Waals surface area contributed by atoms with E-state index in [9.17, 15) is 19.0 Å². The average molecular weight is 1060 g/mol. The van der Waals surface area contributed by atoms with Crippen LogP contribution < -0.4 is 10.2 Å². The average Bonchev–Trinajstić information content (AvgIpc) is 3.36. The molecule has 3 unspecified atom stereocenters. The molecule has 3 atom stereocenters. The van der Waals surface area contributed by atoms with Crippen molar-refractivity contribution in [1.82, 2.24) is 5.32 Å². The Morgan fingerprint density at radius 1 is 0.473 bits per heavy atom. The zero-order valence-corrected chi connectivity index (χ0v) is 50.7. The van der Waals surface area contributed by atoms with Crippen LogP contribution in [0.1, 0.15) is 310 Å². The molecule has 0 aliphatic heterocycles. The first-order chi connectivity index (χ1) is 35.9. The Hall–Kier alpha value is -1.77. The molecule has 0 fully saturated rings. The Bertz CT molecular complexity index is 1360. The Labute approximate surface area is 459 Å². The summed E-state index contributed by atoms with van der Waals surface area (Å²) in [6, 6.07) is -0.898. The summed E-state index contributed by atoms with van der Waals surface area (Å²) >= 11 is 0. The molecule has 0 aromatic carbocycles. The van der Waals surface area contributed by atoms with Crippen molar-refractivity contribution in [3.63, 3.8) is 0 Å². The van der Waals surface area contributed by atoms with Crippen LogP contribution in [0.5, 0.6) is 0 Å². The third-order valence-corrected chi connectivity index (χ3v) is 15.3.